The third-order valence-corrected chi connectivity index (χ3v) is 8.61. The van der Waals surface area contributed by atoms with Gasteiger partial charge in [0.25, 0.3) is 0 Å². The smallest absolute Gasteiger partial charge is 0.307 e. The van der Waals surface area contributed by atoms with E-state index in [0.717, 1.165) is 93.1 Å². The van der Waals surface area contributed by atoms with Gasteiger partial charge in [0.15, 0.2) is 0 Å². The van der Waals surface area contributed by atoms with Crippen LogP contribution < -0.4 is 9.47 Å². The SMILES string of the molecule is CN(C)CC/C=C1/c2ccccc2COc2ccc(CC(=O)O)cc21.CN(C)CC/C=C1/c2ccccc2COc2ccc(CC(=O)O)cc21.Cl.Cl. The summed E-state index contributed by atoms with van der Waals surface area (Å²) < 4.78 is 12.0. The van der Waals surface area contributed by atoms with Crippen molar-refractivity contribution in [3.63, 3.8) is 0 Å². The van der Waals surface area contributed by atoms with Crippen molar-refractivity contribution in [3.8, 4) is 11.5 Å². The lowest BCUT2D eigenvalue weighted by atomic mass is 9.92. The van der Waals surface area contributed by atoms with Gasteiger partial charge in [0, 0.05) is 24.2 Å². The molecule has 276 valence electrons. The molecule has 2 heterocycles. The minimum absolute atomic E-state index is 0. The molecule has 0 fully saturated rings. The van der Waals surface area contributed by atoms with Gasteiger partial charge in [-0.1, -0.05) is 72.8 Å². The minimum Gasteiger partial charge on any atom is -0.488 e. The van der Waals surface area contributed by atoms with Crippen LogP contribution in [0.15, 0.2) is 97.1 Å². The first-order valence-electron chi connectivity index (χ1n) is 16.9. The van der Waals surface area contributed by atoms with Crippen molar-refractivity contribution >= 4 is 47.9 Å². The van der Waals surface area contributed by atoms with Crippen LogP contribution in [0, 0.1) is 0 Å². The van der Waals surface area contributed by atoms with E-state index in [2.05, 4.69) is 74.4 Å². The number of benzene rings is 4. The fraction of sp³-hybridized carbons (Fsp3) is 0.286. The molecule has 10 heteroatoms. The summed E-state index contributed by atoms with van der Waals surface area (Å²) in [6.45, 7) is 2.95. The molecule has 2 aliphatic heterocycles. The molecule has 0 aromatic heterocycles. The molecule has 0 spiro atoms. The van der Waals surface area contributed by atoms with Gasteiger partial charge in [-0.25, -0.2) is 0 Å². The van der Waals surface area contributed by atoms with Crippen LogP contribution in [0.1, 0.15) is 57.3 Å². The topological polar surface area (TPSA) is 99.5 Å². The molecule has 0 unspecified atom stereocenters. The summed E-state index contributed by atoms with van der Waals surface area (Å²) in [5, 5.41) is 18.2. The first kappa shape index (κ1) is 41.8. The Morgan fingerprint density at radius 1 is 0.596 bits per heavy atom. The standard InChI is InChI=1S/2C21H23NO3.2ClH/c2*1-22(2)11-5-8-18-17-7-4-3-6-16(17)14-25-20-10-9-15(12-19(18)20)13-21(23)24;;/h2*3-4,6-10,12H,5,11,13-14H2,1-2H3,(H,23,24);2*1H/b2*18-8-;;. The number of nitrogens with zero attached hydrogens (tertiary/aromatic N) is 2. The number of rotatable bonds is 10. The molecule has 4 aromatic carbocycles. The van der Waals surface area contributed by atoms with Crippen LogP contribution in [0.5, 0.6) is 11.5 Å². The number of carbonyl (C=O) groups is 2. The van der Waals surface area contributed by atoms with Crippen LogP contribution in [-0.4, -0.2) is 73.2 Å². The summed E-state index contributed by atoms with van der Waals surface area (Å²) >= 11 is 0. The lowest BCUT2D eigenvalue weighted by molar-refractivity contribution is -0.137. The number of halogens is 2. The quantitative estimate of drug-likeness (QED) is 0.168. The summed E-state index contributed by atoms with van der Waals surface area (Å²) in [6, 6.07) is 27.8. The highest BCUT2D eigenvalue weighted by Gasteiger charge is 2.21. The average Bonchev–Trinajstić information content (AvgIpc) is 3.32. The third kappa shape index (κ3) is 11.2. The van der Waals surface area contributed by atoms with E-state index in [0.29, 0.717) is 13.2 Å². The molecule has 0 radical (unpaired) electrons. The van der Waals surface area contributed by atoms with Gasteiger partial charge in [-0.15, -0.1) is 24.8 Å². The van der Waals surface area contributed by atoms with Crippen LogP contribution in [0.25, 0.3) is 11.1 Å². The number of aliphatic carboxylic acids is 2. The van der Waals surface area contributed by atoms with Crippen LogP contribution in [-0.2, 0) is 35.6 Å². The largest absolute Gasteiger partial charge is 0.488 e. The molecule has 2 aliphatic rings. The van der Waals surface area contributed by atoms with Gasteiger partial charge < -0.3 is 29.5 Å². The van der Waals surface area contributed by atoms with E-state index < -0.39 is 11.9 Å². The van der Waals surface area contributed by atoms with Gasteiger partial charge in [0.1, 0.15) is 24.7 Å². The second kappa shape index (κ2) is 19.9. The number of hydrogen-bond acceptors (Lipinski definition) is 6. The lowest BCUT2D eigenvalue weighted by Gasteiger charge is -2.13. The van der Waals surface area contributed by atoms with Crippen molar-refractivity contribution in [1.82, 2.24) is 9.80 Å². The summed E-state index contributed by atoms with van der Waals surface area (Å²) in [7, 11) is 8.23. The highest BCUT2D eigenvalue weighted by atomic mass is 35.5. The molecular weight excluding hydrogens is 699 g/mol. The molecule has 0 amide bonds. The number of fused-ring (bicyclic) bond motifs is 4. The molecule has 2 N–H and O–H groups in total. The zero-order chi connectivity index (χ0) is 35.6. The highest BCUT2D eigenvalue weighted by Crippen LogP contribution is 2.39. The van der Waals surface area contributed by atoms with Gasteiger partial charge in [-0.05, 0) is 110 Å². The molecule has 0 atom stereocenters. The predicted molar refractivity (Wildman–Crippen MR) is 212 cm³/mol. The molecule has 0 aliphatic carbocycles. The van der Waals surface area contributed by atoms with Crippen molar-refractivity contribution in [2.75, 3.05) is 41.3 Å². The minimum atomic E-state index is -0.826. The van der Waals surface area contributed by atoms with E-state index in [-0.39, 0.29) is 37.7 Å². The normalized spacial score (nSPS) is 14.0. The molecule has 0 bridgehead atoms. The molecule has 6 rings (SSSR count). The Morgan fingerprint density at radius 2 is 0.981 bits per heavy atom. The third-order valence-electron chi connectivity index (χ3n) is 8.61. The van der Waals surface area contributed by atoms with Gasteiger partial charge in [0.2, 0.25) is 0 Å². The first-order chi connectivity index (χ1) is 24.1. The van der Waals surface area contributed by atoms with Gasteiger partial charge >= 0.3 is 11.9 Å². The molecule has 8 nitrogen and oxygen atoms in total. The Labute approximate surface area is 319 Å². The van der Waals surface area contributed by atoms with E-state index >= 15 is 0 Å². The Kier molecular flexibility index (Phi) is 16.0. The molecule has 52 heavy (non-hydrogen) atoms. The number of ether oxygens (including phenoxy) is 2. The fourth-order valence-corrected chi connectivity index (χ4v) is 6.19. The van der Waals surface area contributed by atoms with Crippen molar-refractivity contribution in [3.05, 3.63) is 142 Å². The fourth-order valence-electron chi connectivity index (χ4n) is 6.19. The van der Waals surface area contributed by atoms with Gasteiger partial charge in [-0.3, -0.25) is 9.59 Å². The number of hydrogen-bond donors (Lipinski definition) is 2. The Morgan fingerprint density at radius 3 is 1.35 bits per heavy atom. The van der Waals surface area contributed by atoms with Crippen LogP contribution in [0.4, 0.5) is 0 Å². The van der Waals surface area contributed by atoms with E-state index in [1.54, 1.807) is 0 Å². The second-order valence-electron chi connectivity index (χ2n) is 13.1. The molecule has 0 saturated carbocycles. The van der Waals surface area contributed by atoms with Crippen molar-refractivity contribution < 1.29 is 29.3 Å². The predicted octanol–water partition coefficient (Wildman–Crippen LogP) is 8.02. The Balaban J connectivity index is 0.000000270. The maximum Gasteiger partial charge on any atom is 0.307 e. The maximum absolute atomic E-state index is 11.1. The van der Waals surface area contributed by atoms with Gasteiger partial charge in [0.05, 0.1) is 12.8 Å². The van der Waals surface area contributed by atoms with E-state index in [1.165, 1.54) is 0 Å². The van der Waals surface area contributed by atoms with Crippen molar-refractivity contribution in [2.45, 2.75) is 38.9 Å². The lowest BCUT2D eigenvalue weighted by Crippen LogP contribution is -2.12. The molecule has 4 aromatic rings. The van der Waals surface area contributed by atoms with Crippen LogP contribution in [0.3, 0.4) is 0 Å². The number of carboxylic acids is 2. The summed E-state index contributed by atoms with van der Waals surface area (Å²) in [5.41, 5.74) is 10.4. The monoisotopic (exact) mass is 746 g/mol. The summed E-state index contributed by atoms with van der Waals surface area (Å²) in [5.74, 6) is -0.0380. The molecule has 0 saturated heterocycles. The van der Waals surface area contributed by atoms with E-state index in [9.17, 15) is 9.59 Å². The Hall–Kier alpha value is -4.60. The second-order valence-corrected chi connectivity index (χ2v) is 13.1. The van der Waals surface area contributed by atoms with Crippen molar-refractivity contribution in [1.29, 1.82) is 0 Å². The van der Waals surface area contributed by atoms with E-state index in [4.69, 9.17) is 19.7 Å². The van der Waals surface area contributed by atoms with Crippen LogP contribution >= 0.6 is 24.8 Å². The average molecular weight is 748 g/mol. The zero-order valence-corrected chi connectivity index (χ0v) is 31.8. The van der Waals surface area contributed by atoms with E-state index in [1.807, 2.05) is 60.7 Å². The first-order valence-corrected chi connectivity index (χ1v) is 16.9. The highest BCUT2D eigenvalue weighted by molar-refractivity contribution is 5.87. The summed E-state index contributed by atoms with van der Waals surface area (Å²) in [6.07, 6.45) is 6.33. The Bertz CT molecular complexity index is 1770. The molecular formula is C42H48Cl2N2O6. The zero-order valence-electron chi connectivity index (χ0n) is 30.1. The summed E-state index contributed by atoms with van der Waals surface area (Å²) in [4.78, 5) is 26.5. The van der Waals surface area contributed by atoms with Crippen LogP contribution in [0.2, 0.25) is 0 Å². The maximum atomic E-state index is 11.1. The van der Waals surface area contributed by atoms with Gasteiger partial charge in [-0.2, -0.15) is 0 Å². The van der Waals surface area contributed by atoms with Crippen molar-refractivity contribution in [2.24, 2.45) is 0 Å². The number of carboxylic acid groups (broad SMARTS) is 2.